The van der Waals surface area contributed by atoms with Gasteiger partial charge in [0.05, 0.1) is 0 Å². The lowest BCUT2D eigenvalue weighted by Crippen LogP contribution is -2.16. The first-order valence-electron chi connectivity index (χ1n) is 8.34. The minimum atomic E-state index is 1.19. The van der Waals surface area contributed by atoms with Crippen molar-refractivity contribution < 1.29 is 0 Å². The zero-order chi connectivity index (χ0) is 14.0. The van der Waals surface area contributed by atoms with Gasteiger partial charge in [0.15, 0.2) is 0 Å². The fourth-order valence-electron chi connectivity index (χ4n) is 2.26. The lowest BCUT2D eigenvalue weighted by Gasteiger charge is -2.05. The minimum Gasteiger partial charge on any atom is -0.317 e. The standard InChI is InChI=1S/C18H35N/c1-3-5-7-9-11-13-15-17-19-18-16-14-12-10-8-6-4-2/h3-4,19H,1-2,5-18H2. The molecule has 0 aromatic rings. The van der Waals surface area contributed by atoms with E-state index >= 15 is 0 Å². The SMILES string of the molecule is C=CCCCCCCCNCCCCCCCC=C. The normalized spacial score (nSPS) is 10.5. The summed E-state index contributed by atoms with van der Waals surface area (Å²) in [5.41, 5.74) is 0. The highest BCUT2D eigenvalue weighted by Gasteiger charge is 1.92. The summed E-state index contributed by atoms with van der Waals surface area (Å²) in [5, 5.41) is 3.56. The molecule has 1 N–H and O–H groups in total. The van der Waals surface area contributed by atoms with E-state index in [1.165, 1.54) is 90.1 Å². The summed E-state index contributed by atoms with van der Waals surface area (Å²) in [7, 11) is 0. The highest BCUT2D eigenvalue weighted by atomic mass is 14.8. The highest BCUT2D eigenvalue weighted by molar-refractivity contribution is 4.66. The van der Waals surface area contributed by atoms with Gasteiger partial charge < -0.3 is 5.32 Å². The monoisotopic (exact) mass is 265 g/mol. The molecule has 0 aliphatic carbocycles. The molecule has 0 amide bonds. The van der Waals surface area contributed by atoms with Gasteiger partial charge in [-0.3, -0.25) is 0 Å². The van der Waals surface area contributed by atoms with Gasteiger partial charge in [-0.2, -0.15) is 0 Å². The largest absolute Gasteiger partial charge is 0.317 e. The van der Waals surface area contributed by atoms with Crippen molar-refractivity contribution in [3.05, 3.63) is 25.3 Å². The molecule has 112 valence electrons. The van der Waals surface area contributed by atoms with Crippen LogP contribution in [-0.2, 0) is 0 Å². The number of unbranched alkanes of at least 4 members (excludes halogenated alkanes) is 10. The Bertz CT molecular complexity index is 166. The molecule has 0 atom stereocenters. The van der Waals surface area contributed by atoms with Gasteiger partial charge in [-0.25, -0.2) is 0 Å². The number of nitrogens with one attached hydrogen (secondary N) is 1. The van der Waals surface area contributed by atoms with Crippen LogP contribution < -0.4 is 5.32 Å². The molecule has 0 unspecified atom stereocenters. The molecule has 0 aromatic heterocycles. The molecule has 0 rings (SSSR count). The summed E-state index contributed by atoms with van der Waals surface area (Å²) < 4.78 is 0. The predicted molar refractivity (Wildman–Crippen MR) is 88.7 cm³/mol. The fraction of sp³-hybridized carbons (Fsp3) is 0.778. The van der Waals surface area contributed by atoms with Gasteiger partial charge in [-0.1, -0.05) is 50.7 Å². The zero-order valence-electron chi connectivity index (χ0n) is 13.0. The Morgan fingerprint density at radius 1 is 0.526 bits per heavy atom. The van der Waals surface area contributed by atoms with Gasteiger partial charge in [-0.15, -0.1) is 13.2 Å². The maximum absolute atomic E-state index is 3.75. The van der Waals surface area contributed by atoms with Crippen LogP contribution in [0.4, 0.5) is 0 Å². The van der Waals surface area contributed by atoms with Crippen LogP contribution in [-0.4, -0.2) is 13.1 Å². The molecule has 0 heterocycles. The molecular weight excluding hydrogens is 230 g/mol. The van der Waals surface area contributed by atoms with Crippen molar-refractivity contribution in [3.63, 3.8) is 0 Å². The van der Waals surface area contributed by atoms with Crippen molar-refractivity contribution in [3.8, 4) is 0 Å². The van der Waals surface area contributed by atoms with Crippen molar-refractivity contribution >= 4 is 0 Å². The van der Waals surface area contributed by atoms with Crippen LogP contribution in [0.1, 0.15) is 77.0 Å². The van der Waals surface area contributed by atoms with Gasteiger partial charge in [0.25, 0.3) is 0 Å². The molecule has 0 bridgehead atoms. The van der Waals surface area contributed by atoms with E-state index in [9.17, 15) is 0 Å². The Kier molecular flexibility index (Phi) is 16.9. The van der Waals surface area contributed by atoms with Crippen LogP contribution in [0, 0.1) is 0 Å². The zero-order valence-corrected chi connectivity index (χ0v) is 13.0. The van der Waals surface area contributed by atoms with Crippen molar-refractivity contribution in [2.75, 3.05) is 13.1 Å². The average Bonchev–Trinajstić information content (AvgIpc) is 2.43. The van der Waals surface area contributed by atoms with Crippen molar-refractivity contribution in [1.29, 1.82) is 0 Å². The third-order valence-electron chi connectivity index (χ3n) is 3.52. The van der Waals surface area contributed by atoms with Crippen LogP contribution in [0.5, 0.6) is 0 Å². The quantitative estimate of drug-likeness (QED) is 0.282. The molecule has 0 saturated carbocycles. The molecule has 0 saturated heterocycles. The molecule has 19 heavy (non-hydrogen) atoms. The van der Waals surface area contributed by atoms with Crippen molar-refractivity contribution in [2.45, 2.75) is 77.0 Å². The number of hydrogen-bond acceptors (Lipinski definition) is 1. The minimum absolute atomic E-state index is 1.19. The third kappa shape index (κ3) is 17.4. The lowest BCUT2D eigenvalue weighted by atomic mass is 10.1. The maximum Gasteiger partial charge on any atom is -0.00489 e. The Morgan fingerprint density at radius 3 is 1.32 bits per heavy atom. The van der Waals surface area contributed by atoms with Gasteiger partial charge >= 0.3 is 0 Å². The summed E-state index contributed by atoms with van der Waals surface area (Å²) >= 11 is 0. The number of rotatable bonds is 16. The Balaban J connectivity index is 2.91. The number of hydrogen-bond donors (Lipinski definition) is 1. The Morgan fingerprint density at radius 2 is 0.895 bits per heavy atom. The van der Waals surface area contributed by atoms with E-state index in [4.69, 9.17) is 0 Å². The molecule has 0 fully saturated rings. The average molecular weight is 265 g/mol. The molecule has 0 aliphatic rings. The second-order valence-electron chi connectivity index (χ2n) is 5.44. The summed E-state index contributed by atoms with van der Waals surface area (Å²) in [6.45, 7) is 9.91. The fourth-order valence-corrected chi connectivity index (χ4v) is 2.26. The maximum atomic E-state index is 3.75. The highest BCUT2D eigenvalue weighted by Crippen LogP contribution is 2.06. The van der Waals surface area contributed by atoms with Crippen LogP contribution in [0.2, 0.25) is 0 Å². The first-order valence-corrected chi connectivity index (χ1v) is 8.34. The molecular formula is C18H35N. The van der Waals surface area contributed by atoms with E-state index in [1.54, 1.807) is 0 Å². The van der Waals surface area contributed by atoms with E-state index in [2.05, 4.69) is 18.5 Å². The van der Waals surface area contributed by atoms with E-state index in [-0.39, 0.29) is 0 Å². The number of allylic oxidation sites excluding steroid dienone is 2. The van der Waals surface area contributed by atoms with E-state index < -0.39 is 0 Å². The summed E-state index contributed by atoms with van der Waals surface area (Å²) in [5.74, 6) is 0. The first-order chi connectivity index (χ1) is 9.41. The second-order valence-corrected chi connectivity index (χ2v) is 5.44. The molecule has 1 heteroatoms. The van der Waals surface area contributed by atoms with Crippen LogP contribution >= 0.6 is 0 Å². The van der Waals surface area contributed by atoms with Gasteiger partial charge in [0.1, 0.15) is 0 Å². The second kappa shape index (κ2) is 17.4. The smallest absolute Gasteiger partial charge is 0.00489 e. The van der Waals surface area contributed by atoms with E-state index in [1.807, 2.05) is 12.2 Å². The topological polar surface area (TPSA) is 12.0 Å². The van der Waals surface area contributed by atoms with E-state index in [0.717, 1.165) is 0 Å². The van der Waals surface area contributed by atoms with Crippen molar-refractivity contribution in [2.24, 2.45) is 0 Å². The van der Waals surface area contributed by atoms with E-state index in [0.29, 0.717) is 0 Å². The molecule has 0 radical (unpaired) electrons. The lowest BCUT2D eigenvalue weighted by molar-refractivity contribution is 0.547. The predicted octanol–water partition coefficient (Wildman–Crippen LogP) is 5.63. The molecule has 0 aliphatic heterocycles. The molecule has 1 nitrogen and oxygen atoms in total. The van der Waals surface area contributed by atoms with Crippen LogP contribution in [0.3, 0.4) is 0 Å². The summed E-state index contributed by atoms with van der Waals surface area (Å²) in [6.07, 6.45) is 20.0. The van der Waals surface area contributed by atoms with Crippen molar-refractivity contribution in [1.82, 2.24) is 5.32 Å². The van der Waals surface area contributed by atoms with Gasteiger partial charge in [0, 0.05) is 0 Å². The Labute approximate surface area is 121 Å². The van der Waals surface area contributed by atoms with Crippen LogP contribution in [0.15, 0.2) is 25.3 Å². The summed E-state index contributed by atoms with van der Waals surface area (Å²) in [6, 6.07) is 0. The summed E-state index contributed by atoms with van der Waals surface area (Å²) in [4.78, 5) is 0. The third-order valence-corrected chi connectivity index (χ3v) is 3.52. The molecule has 0 spiro atoms. The first kappa shape index (κ1) is 18.4. The molecule has 0 aromatic carbocycles. The van der Waals surface area contributed by atoms with Gasteiger partial charge in [0.2, 0.25) is 0 Å². The van der Waals surface area contributed by atoms with Gasteiger partial charge in [-0.05, 0) is 51.6 Å². The Hall–Kier alpha value is -0.560. The van der Waals surface area contributed by atoms with Crippen LogP contribution in [0.25, 0.3) is 0 Å².